The van der Waals surface area contributed by atoms with E-state index in [-0.39, 0.29) is 0 Å². The zero-order chi connectivity index (χ0) is 8.39. The fraction of sp³-hybridized carbons (Fsp3) is 1.00. The molecule has 0 amide bonds. The number of rotatable bonds is 3. The van der Waals surface area contributed by atoms with Crippen LogP contribution in [-0.2, 0) is 0 Å². The third-order valence-electron chi connectivity index (χ3n) is 3.58. The molecule has 1 heterocycles. The van der Waals surface area contributed by atoms with Gasteiger partial charge in [-0.1, -0.05) is 19.3 Å². The molecule has 70 valence electrons. The molecule has 0 spiro atoms. The monoisotopic (exact) mass is 169 g/mol. The largest absolute Gasteiger partial charge is 0.396 e. The Balaban J connectivity index is 1.87. The van der Waals surface area contributed by atoms with Crippen LogP contribution in [0.1, 0.15) is 32.1 Å². The van der Waals surface area contributed by atoms with Crippen molar-refractivity contribution in [3.8, 4) is 0 Å². The van der Waals surface area contributed by atoms with E-state index in [4.69, 9.17) is 0 Å². The number of hydrogen-bond acceptors (Lipinski definition) is 2. The van der Waals surface area contributed by atoms with Crippen molar-refractivity contribution in [3.63, 3.8) is 0 Å². The molecule has 0 radical (unpaired) electrons. The van der Waals surface area contributed by atoms with Crippen LogP contribution in [0.3, 0.4) is 0 Å². The van der Waals surface area contributed by atoms with Crippen LogP contribution < -0.4 is 5.32 Å². The molecule has 2 fully saturated rings. The first kappa shape index (κ1) is 8.52. The zero-order valence-electron chi connectivity index (χ0n) is 7.63. The molecule has 2 N–H and O–H groups in total. The molecule has 1 saturated carbocycles. The minimum atomic E-state index is 0.391. The molecule has 2 nitrogen and oxygen atoms in total. The van der Waals surface area contributed by atoms with E-state index >= 15 is 0 Å². The van der Waals surface area contributed by atoms with Gasteiger partial charge in [-0.25, -0.2) is 0 Å². The maximum absolute atomic E-state index is 9.28. The summed E-state index contributed by atoms with van der Waals surface area (Å²) < 4.78 is 0. The Labute approximate surface area is 74.4 Å². The van der Waals surface area contributed by atoms with Crippen LogP contribution >= 0.6 is 0 Å². The molecule has 2 rings (SSSR count). The predicted octanol–water partition coefficient (Wildman–Crippen LogP) is 1.15. The van der Waals surface area contributed by atoms with Gasteiger partial charge in [0.05, 0.1) is 0 Å². The molecule has 1 aliphatic carbocycles. The molecule has 0 aromatic carbocycles. The molecule has 1 aliphatic heterocycles. The number of hydrogen-bond donors (Lipinski definition) is 2. The van der Waals surface area contributed by atoms with E-state index in [1.165, 1.54) is 32.1 Å². The summed E-state index contributed by atoms with van der Waals surface area (Å²) in [6.07, 6.45) is 6.66. The molecule has 2 heteroatoms. The van der Waals surface area contributed by atoms with Gasteiger partial charge in [-0.15, -0.1) is 0 Å². The zero-order valence-corrected chi connectivity index (χ0v) is 7.63. The van der Waals surface area contributed by atoms with Gasteiger partial charge in [0.25, 0.3) is 0 Å². The Morgan fingerprint density at radius 1 is 1.25 bits per heavy atom. The number of nitrogens with one attached hydrogen (secondary N) is 1. The highest BCUT2D eigenvalue weighted by atomic mass is 16.3. The lowest BCUT2D eigenvalue weighted by Gasteiger charge is -2.36. The lowest BCUT2D eigenvalue weighted by atomic mass is 9.73. The van der Waals surface area contributed by atoms with Crippen molar-refractivity contribution in [1.82, 2.24) is 5.32 Å². The maximum atomic E-state index is 9.28. The van der Waals surface area contributed by atoms with Gasteiger partial charge in [-0.2, -0.15) is 0 Å². The second-order valence-electron chi connectivity index (χ2n) is 4.24. The summed E-state index contributed by atoms with van der Waals surface area (Å²) in [6, 6.07) is 0.625. The first-order chi connectivity index (χ1) is 5.92. The van der Waals surface area contributed by atoms with Gasteiger partial charge >= 0.3 is 0 Å². The summed E-state index contributed by atoms with van der Waals surface area (Å²) in [5.74, 6) is 1.38. The van der Waals surface area contributed by atoms with Crippen LogP contribution in [0.4, 0.5) is 0 Å². The summed E-state index contributed by atoms with van der Waals surface area (Å²) in [5, 5.41) is 12.8. The van der Waals surface area contributed by atoms with Crippen molar-refractivity contribution in [1.29, 1.82) is 0 Å². The predicted molar refractivity (Wildman–Crippen MR) is 48.9 cm³/mol. The van der Waals surface area contributed by atoms with Crippen LogP contribution in [0.2, 0.25) is 0 Å². The highest BCUT2D eigenvalue weighted by molar-refractivity contribution is 4.88. The lowest BCUT2D eigenvalue weighted by Crippen LogP contribution is -2.39. The Morgan fingerprint density at radius 2 is 2.08 bits per heavy atom. The van der Waals surface area contributed by atoms with E-state index in [1.54, 1.807) is 0 Å². The Bertz CT molecular complexity index is 139. The average molecular weight is 169 g/mol. The van der Waals surface area contributed by atoms with Crippen molar-refractivity contribution in [2.24, 2.45) is 11.8 Å². The van der Waals surface area contributed by atoms with Crippen molar-refractivity contribution in [3.05, 3.63) is 0 Å². The highest BCUT2D eigenvalue weighted by Gasteiger charge is 2.33. The Kier molecular flexibility index (Phi) is 2.66. The Hall–Kier alpha value is -0.0800. The molecule has 0 aromatic rings. The van der Waals surface area contributed by atoms with Gasteiger partial charge in [0, 0.05) is 18.6 Å². The summed E-state index contributed by atoms with van der Waals surface area (Å²) in [6.45, 7) is 1.55. The topological polar surface area (TPSA) is 32.3 Å². The van der Waals surface area contributed by atoms with Gasteiger partial charge in [0.15, 0.2) is 0 Å². The summed E-state index contributed by atoms with van der Waals surface area (Å²) in [4.78, 5) is 0. The highest BCUT2D eigenvalue weighted by Crippen LogP contribution is 2.36. The molecular formula is C10H19NO. The van der Waals surface area contributed by atoms with Crippen molar-refractivity contribution < 1.29 is 5.11 Å². The number of aliphatic hydroxyl groups excluding tert-OH is 1. The first-order valence-corrected chi connectivity index (χ1v) is 5.26. The second-order valence-corrected chi connectivity index (χ2v) is 4.24. The minimum absolute atomic E-state index is 0.391. The fourth-order valence-electron chi connectivity index (χ4n) is 2.55. The smallest absolute Gasteiger partial charge is 0.0476 e. The fourth-order valence-corrected chi connectivity index (χ4v) is 2.55. The minimum Gasteiger partial charge on any atom is -0.396 e. The van der Waals surface area contributed by atoms with E-state index in [0.29, 0.717) is 18.6 Å². The van der Waals surface area contributed by atoms with Crippen LogP contribution in [-0.4, -0.2) is 24.3 Å². The second kappa shape index (κ2) is 3.75. The Morgan fingerprint density at radius 3 is 2.50 bits per heavy atom. The molecule has 0 aromatic heterocycles. The molecule has 2 atom stereocenters. The first-order valence-electron chi connectivity index (χ1n) is 5.26. The van der Waals surface area contributed by atoms with Crippen molar-refractivity contribution >= 4 is 0 Å². The van der Waals surface area contributed by atoms with Gasteiger partial charge in [-0.3, -0.25) is 0 Å². The van der Waals surface area contributed by atoms with E-state index < -0.39 is 0 Å². The number of aliphatic hydroxyl groups is 1. The van der Waals surface area contributed by atoms with Gasteiger partial charge in [-0.05, 0) is 25.3 Å². The third-order valence-corrected chi connectivity index (χ3v) is 3.58. The molecular weight excluding hydrogens is 150 g/mol. The molecule has 0 bridgehead atoms. The van der Waals surface area contributed by atoms with Gasteiger partial charge in [0.1, 0.15) is 0 Å². The summed E-state index contributed by atoms with van der Waals surface area (Å²) in [5.41, 5.74) is 0. The van der Waals surface area contributed by atoms with E-state index in [0.717, 1.165) is 12.5 Å². The van der Waals surface area contributed by atoms with Gasteiger partial charge in [0.2, 0.25) is 0 Å². The van der Waals surface area contributed by atoms with Crippen LogP contribution in [0.15, 0.2) is 0 Å². The SMILES string of the molecule is OCC(C1CCC1)C1CCCN1. The van der Waals surface area contributed by atoms with E-state index in [2.05, 4.69) is 5.32 Å². The van der Waals surface area contributed by atoms with Crippen LogP contribution in [0.25, 0.3) is 0 Å². The van der Waals surface area contributed by atoms with E-state index in [9.17, 15) is 5.11 Å². The molecule has 2 unspecified atom stereocenters. The van der Waals surface area contributed by atoms with Gasteiger partial charge < -0.3 is 10.4 Å². The van der Waals surface area contributed by atoms with Crippen molar-refractivity contribution in [2.45, 2.75) is 38.1 Å². The third kappa shape index (κ3) is 1.50. The molecule has 12 heavy (non-hydrogen) atoms. The molecule has 2 aliphatic rings. The van der Waals surface area contributed by atoms with Crippen LogP contribution in [0, 0.1) is 11.8 Å². The van der Waals surface area contributed by atoms with E-state index in [1.807, 2.05) is 0 Å². The normalized spacial score (nSPS) is 33.2. The maximum Gasteiger partial charge on any atom is 0.0476 e. The summed E-state index contributed by atoms with van der Waals surface area (Å²) in [7, 11) is 0. The standard InChI is InChI=1S/C10H19NO/c12-7-9(8-3-1-4-8)10-5-2-6-11-10/h8-12H,1-7H2. The van der Waals surface area contributed by atoms with Crippen LogP contribution in [0.5, 0.6) is 0 Å². The molecule has 1 saturated heterocycles. The quantitative estimate of drug-likeness (QED) is 0.664. The summed E-state index contributed by atoms with van der Waals surface area (Å²) >= 11 is 0. The van der Waals surface area contributed by atoms with Crippen molar-refractivity contribution in [2.75, 3.05) is 13.2 Å². The average Bonchev–Trinajstić information content (AvgIpc) is 2.47. The lowest BCUT2D eigenvalue weighted by molar-refractivity contribution is 0.0970.